The van der Waals surface area contributed by atoms with E-state index in [-0.39, 0.29) is 50.7 Å². The Kier molecular flexibility index (Phi) is 12.2. The maximum atomic E-state index is 3.30. The van der Waals surface area contributed by atoms with E-state index in [1.54, 1.807) is 0 Å². The van der Waals surface area contributed by atoms with Crippen LogP contribution in [0.15, 0.2) is 66.7 Å². The van der Waals surface area contributed by atoms with Gasteiger partial charge in [0.15, 0.2) is 0 Å². The molecule has 25 heavy (non-hydrogen) atoms. The molecule has 0 atom stereocenters. The second-order valence-corrected chi connectivity index (χ2v) is 5.79. The van der Waals surface area contributed by atoms with Gasteiger partial charge in [0.1, 0.15) is 0 Å². The Morgan fingerprint density at radius 1 is 0.920 bits per heavy atom. The third-order valence-corrected chi connectivity index (χ3v) is 4.17. The summed E-state index contributed by atoms with van der Waals surface area (Å²) in [7, 11) is 0. The van der Waals surface area contributed by atoms with Gasteiger partial charge in [0.05, 0.1) is 0 Å². The van der Waals surface area contributed by atoms with Gasteiger partial charge in [-0.25, -0.2) is 12.1 Å². The summed E-state index contributed by atoms with van der Waals surface area (Å²) in [5.41, 5.74) is 6.99. The smallest absolute Gasteiger partial charge is 1.00 e. The van der Waals surface area contributed by atoms with E-state index >= 15 is 0 Å². The molecule has 3 heteroatoms. The maximum absolute atomic E-state index is 3.30. The van der Waals surface area contributed by atoms with Crippen LogP contribution < -0.4 is 24.8 Å². The Morgan fingerprint density at radius 3 is 2.32 bits per heavy atom. The number of aryl methyl sites for hydroxylation is 1. The number of fused-ring (bicyclic) bond motifs is 3. The van der Waals surface area contributed by atoms with Crippen molar-refractivity contribution in [1.82, 2.24) is 0 Å². The van der Waals surface area contributed by atoms with Crippen LogP contribution in [0.2, 0.25) is 0 Å². The first-order valence-electron chi connectivity index (χ1n) is 8.17. The van der Waals surface area contributed by atoms with Crippen LogP contribution in [0.1, 0.15) is 36.5 Å². The molecular weight excluding hydrogens is 514 g/mol. The molecule has 3 aromatic rings. The molecule has 0 radical (unpaired) electrons. The normalized spacial score (nSPS) is 9.96. The minimum Gasteiger partial charge on any atom is -1.00 e. The van der Waals surface area contributed by atoms with Crippen molar-refractivity contribution < 1.29 is 50.7 Å². The monoisotopic (exact) mass is 536 g/mol. The van der Waals surface area contributed by atoms with Gasteiger partial charge in [0.2, 0.25) is 0 Å². The van der Waals surface area contributed by atoms with Gasteiger partial charge in [-0.15, -0.1) is 5.56 Å². The zero-order chi connectivity index (χ0) is 15.2. The van der Waals surface area contributed by atoms with E-state index in [1.807, 2.05) is 6.07 Å². The summed E-state index contributed by atoms with van der Waals surface area (Å²) in [4.78, 5) is 0. The van der Waals surface area contributed by atoms with Crippen LogP contribution >= 0.6 is 0 Å². The standard InChI is InChI=1S/C13H9.C9H13.2ClH.Hf/c1-3-7-12-10(5-1)9-11-6-2-4-8-13(11)12;1-2-3-6-9-7-4-5-8-9;;;/h1-5,7-8H,9H2;4-5,7-8H,2-3,6H2,1H3;2*1H;/q2*-1;;;+4/p-2. The molecule has 1 aliphatic rings. The topological polar surface area (TPSA) is 0 Å². The molecule has 0 aromatic heterocycles. The molecular formula is C22H22Cl2Hf. The van der Waals surface area contributed by atoms with Crippen molar-refractivity contribution in [2.45, 2.75) is 32.6 Å². The minimum atomic E-state index is 0. The molecule has 128 valence electrons. The average Bonchev–Trinajstić information content (AvgIpc) is 3.21. The summed E-state index contributed by atoms with van der Waals surface area (Å²) in [5, 5.41) is 0. The van der Waals surface area contributed by atoms with E-state index in [4.69, 9.17) is 0 Å². The second-order valence-electron chi connectivity index (χ2n) is 5.79. The van der Waals surface area contributed by atoms with Gasteiger partial charge in [-0.2, -0.15) is 47.5 Å². The first-order chi connectivity index (χ1) is 10.9. The van der Waals surface area contributed by atoms with Crippen LogP contribution in [0.4, 0.5) is 0 Å². The molecule has 0 nitrogen and oxygen atoms in total. The zero-order valence-corrected chi connectivity index (χ0v) is 19.5. The van der Waals surface area contributed by atoms with Crippen molar-refractivity contribution >= 4 is 0 Å². The van der Waals surface area contributed by atoms with Gasteiger partial charge >= 0.3 is 25.8 Å². The molecule has 0 saturated heterocycles. The van der Waals surface area contributed by atoms with Crippen molar-refractivity contribution in [3.05, 3.63) is 89.5 Å². The van der Waals surface area contributed by atoms with Crippen molar-refractivity contribution in [1.29, 1.82) is 0 Å². The number of benzene rings is 2. The van der Waals surface area contributed by atoms with Crippen LogP contribution in [0, 0.1) is 6.07 Å². The van der Waals surface area contributed by atoms with Crippen molar-refractivity contribution in [2.75, 3.05) is 0 Å². The fourth-order valence-electron chi connectivity index (χ4n) is 2.96. The summed E-state index contributed by atoms with van der Waals surface area (Å²) < 4.78 is 0. The average molecular weight is 536 g/mol. The molecule has 4 rings (SSSR count). The molecule has 1 aliphatic carbocycles. The third-order valence-electron chi connectivity index (χ3n) is 4.17. The summed E-state index contributed by atoms with van der Waals surface area (Å²) >= 11 is 0. The Hall–Kier alpha value is -0.760. The molecule has 3 aromatic carbocycles. The molecule has 0 fully saturated rings. The Morgan fingerprint density at radius 2 is 1.60 bits per heavy atom. The molecule has 0 unspecified atom stereocenters. The Labute approximate surface area is 183 Å². The molecule has 0 heterocycles. The number of hydrogen-bond acceptors (Lipinski definition) is 0. The van der Waals surface area contributed by atoms with Crippen molar-refractivity contribution in [3.8, 4) is 11.1 Å². The second kappa shape index (κ2) is 12.6. The van der Waals surface area contributed by atoms with Crippen LogP contribution in [0.5, 0.6) is 0 Å². The van der Waals surface area contributed by atoms with Crippen LogP contribution in [-0.2, 0) is 38.7 Å². The number of hydrogen-bond donors (Lipinski definition) is 0. The zero-order valence-electron chi connectivity index (χ0n) is 14.4. The van der Waals surface area contributed by atoms with E-state index in [1.165, 1.54) is 47.1 Å². The predicted octanol–water partition coefficient (Wildman–Crippen LogP) is -0.188. The van der Waals surface area contributed by atoms with Gasteiger partial charge in [0, 0.05) is 0 Å². The summed E-state index contributed by atoms with van der Waals surface area (Å²) in [6.07, 6.45) is 4.92. The van der Waals surface area contributed by atoms with Crippen LogP contribution in [0.25, 0.3) is 11.1 Å². The summed E-state index contributed by atoms with van der Waals surface area (Å²) in [5.74, 6) is 0. The van der Waals surface area contributed by atoms with Crippen LogP contribution in [-0.4, -0.2) is 0 Å². The quantitative estimate of drug-likeness (QED) is 0.252. The van der Waals surface area contributed by atoms with Crippen LogP contribution in [0.3, 0.4) is 0 Å². The first kappa shape index (κ1) is 24.2. The van der Waals surface area contributed by atoms with Gasteiger partial charge < -0.3 is 24.8 Å². The molecule has 0 spiro atoms. The fourth-order valence-corrected chi connectivity index (χ4v) is 2.96. The molecule has 0 aliphatic heterocycles. The minimum absolute atomic E-state index is 0. The molecule has 0 N–H and O–H groups in total. The maximum Gasteiger partial charge on any atom is 4.00 e. The van der Waals surface area contributed by atoms with Crippen molar-refractivity contribution in [2.24, 2.45) is 0 Å². The third kappa shape index (κ3) is 6.47. The molecule has 0 bridgehead atoms. The first-order valence-corrected chi connectivity index (χ1v) is 8.17. The predicted molar refractivity (Wildman–Crippen MR) is 94.2 cm³/mol. The van der Waals surface area contributed by atoms with E-state index < -0.39 is 0 Å². The fraction of sp³-hybridized carbons (Fsp3) is 0.227. The van der Waals surface area contributed by atoms with E-state index in [2.05, 4.69) is 73.7 Å². The van der Waals surface area contributed by atoms with Gasteiger partial charge in [-0.3, -0.25) is 0 Å². The van der Waals surface area contributed by atoms with Gasteiger partial charge in [0.25, 0.3) is 0 Å². The summed E-state index contributed by atoms with van der Waals surface area (Å²) in [6.45, 7) is 2.23. The SMILES string of the molecule is CCCC[c-]1cccc1.[Cl-].[Cl-].[Hf+4].[c-]1cccc2c1Cc1ccccc1-2. The van der Waals surface area contributed by atoms with E-state index in [0.29, 0.717) is 0 Å². The molecule has 0 saturated carbocycles. The molecule has 0 amide bonds. The van der Waals surface area contributed by atoms with E-state index in [9.17, 15) is 0 Å². The van der Waals surface area contributed by atoms with E-state index in [0.717, 1.165) is 6.42 Å². The van der Waals surface area contributed by atoms with Gasteiger partial charge in [-0.05, 0) is 6.42 Å². The Bertz CT molecular complexity index is 677. The van der Waals surface area contributed by atoms with Gasteiger partial charge in [-0.1, -0.05) is 61.6 Å². The number of rotatable bonds is 3. The summed E-state index contributed by atoms with van der Waals surface area (Å²) in [6, 6.07) is 26.7. The number of unbranched alkanes of at least 4 members (excludes halogenated alkanes) is 1. The number of halogens is 2. The van der Waals surface area contributed by atoms with Crippen molar-refractivity contribution in [3.63, 3.8) is 0 Å². The largest absolute Gasteiger partial charge is 4.00 e. The Balaban J connectivity index is 0.000000435.